The molecule has 1 fully saturated rings. The minimum Gasteiger partial charge on any atom is -0.367 e. The van der Waals surface area contributed by atoms with Gasteiger partial charge in [-0.1, -0.05) is 31.2 Å². The van der Waals surface area contributed by atoms with Crippen LogP contribution in [0, 0.1) is 0 Å². The van der Waals surface area contributed by atoms with Crippen molar-refractivity contribution < 1.29 is 14.7 Å². The number of carbonyl (C=O) groups is 1. The van der Waals surface area contributed by atoms with Crippen LogP contribution in [0.25, 0.3) is 0 Å². The molecule has 1 heterocycles. The molecular weight excluding hydrogens is 206 g/mol. The van der Waals surface area contributed by atoms with Gasteiger partial charge in [0.2, 0.25) is 5.91 Å². The van der Waals surface area contributed by atoms with E-state index in [0.717, 1.165) is 11.5 Å². The molecule has 0 aromatic rings. The lowest BCUT2D eigenvalue weighted by molar-refractivity contribution is -0.210. The Bertz CT molecular complexity index is 345. The van der Waals surface area contributed by atoms with Gasteiger partial charge in [-0.3, -0.25) is 10.0 Å². The number of hydrogen-bond acceptors (Lipinski definition) is 3. The fourth-order valence-corrected chi connectivity index (χ4v) is 1.94. The first kappa shape index (κ1) is 11.4. The Morgan fingerprint density at radius 2 is 2.06 bits per heavy atom. The van der Waals surface area contributed by atoms with Gasteiger partial charge in [0.15, 0.2) is 0 Å². The molecule has 1 saturated heterocycles. The van der Waals surface area contributed by atoms with Gasteiger partial charge in [0.05, 0.1) is 6.42 Å². The molecule has 88 valence electrons. The van der Waals surface area contributed by atoms with E-state index in [-0.39, 0.29) is 5.91 Å². The van der Waals surface area contributed by atoms with Gasteiger partial charge in [-0.25, -0.2) is 5.06 Å². The van der Waals surface area contributed by atoms with Crippen molar-refractivity contribution in [2.45, 2.75) is 37.8 Å². The summed E-state index contributed by atoms with van der Waals surface area (Å²) in [4.78, 5) is 11.0. The third-order valence-corrected chi connectivity index (χ3v) is 3.09. The molecule has 0 atom stereocenters. The smallest absolute Gasteiger partial charge is 0.250 e. The van der Waals surface area contributed by atoms with Crippen LogP contribution in [0.15, 0.2) is 24.3 Å². The van der Waals surface area contributed by atoms with Crippen LogP contribution in [0.2, 0.25) is 0 Å². The molecule has 0 radical (unpaired) electrons. The zero-order chi connectivity index (χ0) is 11.8. The maximum atomic E-state index is 11.0. The van der Waals surface area contributed by atoms with Crippen molar-refractivity contribution in [3.05, 3.63) is 24.3 Å². The van der Waals surface area contributed by atoms with Crippen molar-refractivity contribution in [3.63, 3.8) is 0 Å². The Kier molecular flexibility index (Phi) is 2.64. The maximum Gasteiger partial charge on any atom is 0.250 e. The van der Waals surface area contributed by atoms with E-state index in [1.807, 2.05) is 31.2 Å². The molecule has 0 unspecified atom stereocenters. The van der Waals surface area contributed by atoms with Gasteiger partial charge < -0.3 is 4.74 Å². The third-order valence-electron chi connectivity index (χ3n) is 3.09. The van der Waals surface area contributed by atoms with Crippen LogP contribution >= 0.6 is 0 Å². The van der Waals surface area contributed by atoms with E-state index in [2.05, 4.69) is 6.92 Å². The molecule has 4 heteroatoms. The van der Waals surface area contributed by atoms with Crippen LogP contribution in [0.5, 0.6) is 0 Å². The molecule has 0 saturated carbocycles. The summed E-state index contributed by atoms with van der Waals surface area (Å²) in [6, 6.07) is 0. The van der Waals surface area contributed by atoms with Gasteiger partial charge in [-0.05, 0) is 13.3 Å². The summed E-state index contributed by atoms with van der Waals surface area (Å²) in [6.45, 7) is 4.71. The Morgan fingerprint density at radius 3 is 2.50 bits per heavy atom. The van der Waals surface area contributed by atoms with E-state index >= 15 is 0 Å². The van der Waals surface area contributed by atoms with Gasteiger partial charge in [-0.15, -0.1) is 0 Å². The monoisotopic (exact) mass is 223 g/mol. The summed E-state index contributed by atoms with van der Waals surface area (Å²) in [5.74, 6) is -0.243. The average Bonchev–Trinajstić information content (AvgIpc) is 2.30. The number of rotatable bonds is 3. The van der Waals surface area contributed by atoms with Crippen molar-refractivity contribution in [1.82, 2.24) is 5.06 Å². The van der Waals surface area contributed by atoms with Gasteiger partial charge in [0.25, 0.3) is 0 Å². The fourth-order valence-electron chi connectivity index (χ4n) is 1.94. The normalized spacial score (nSPS) is 36.9. The summed E-state index contributed by atoms with van der Waals surface area (Å²) >= 11 is 0. The zero-order valence-electron chi connectivity index (χ0n) is 9.64. The molecule has 1 spiro atoms. The highest BCUT2D eigenvalue weighted by Gasteiger charge is 2.49. The minimum atomic E-state index is -0.619. The number of hydrogen-bond donors (Lipinski definition) is 1. The van der Waals surface area contributed by atoms with Gasteiger partial charge in [0, 0.05) is 6.61 Å². The molecule has 2 aliphatic rings. The first-order valence-electron chi connectivity index (χ1n) is 5.58. The second-order valence-corrected chi connectivity index (χ2v) is 4.57. The van der Waals surface area contributed by atoms with Crippen LogP contribution in [-0.2, 0) is 9.53 Å². The predicted molar refractivity (Wildman–Crippen MR) is 58.9 cm³/mol. The first-order valence-corrected chi connectivity index (χ1v) is 5.58. The van der Waals surface area contributed by atoms with Crippen molar-refractivity contribution in [1.29, 1.82) is 0 Å². The van der Waals surface area contributed by atoms with Crippen LogP contribution in [0.4, 0.5) is 0 Å². The number of amides is 1. The third kappa shape index (κ3) is 1.68. The van der Waals surface area contributed by atoms with Crippen LogP contribution in [0.3, 0.4) is 0 Å². The SMILES string of the molecule is CCCOC1(C)C=CC2(C=C1)CC(=O)N2O. The molecule has 0 aromatic carbocycles. The van der Waals surface area contributed by atoms with Gasteiger partial charge in [0.1, 0.15) is 11.1 Å². The summed E-state index contributed by atoms with van der Waals surface area (Å²) in [7, 11) is 0. The molecular formula is C12H17NO3. The largest absolute Gasteiger partial charge is 0.367 e. The lowest BCUT2D eigenvalue weighted by atomic mass is 9.80. The van der Waals surface area contributed by atoms with Crippen molar-refractivity contribution >= 4 is 5.91 Å². The summed E-state index contributed by atoms with van der Waals surface area (Å²) in [5, 5.41) is 10.3. The molecule has 4 nitrogen and oxygen atoms in total. The van der Waals surface area contributed by atoms with Crippen LogP contribution in [-0.4, -0.2) is 33.9 Å². The number of nitrogens with zero attached hydrogens (tertiary/aromatic N) is 1. The molecule has 1 aliphatic carbocycles. The highest BCUT2D eigenvalue weighted by molar-refractivity contribution is 5.86. The fraction of sp³-hybridized carbons (Fsp3) is 0.583. The number of carbonyl (C=O) groups excluding carboxylic acids is 1. The topological polar surface area (TPSA) is 49.8 Å². The molecule has 16 heavy (non-hydrogen) atoms. The van der Waals surface area contributed by atoms with E-state index in [4.69, 9.17) is 4.74 Å². The van der Waals surface area contributed by atoms with Crippen LogP contribution < -0.4 is 0 Å². The maximum absolute atomic E-state index is 11.0. The lowest BCUT2D eigenvalue weighted by Gasteiger charge is -2.46. The molecule has 0 bridgehead atoms. The summed E-state index contributed by atoms with van der Waals surface area (Å²) in [5.41, 5.74) is -1.03. The zero-order valence-corrected chi connectivity index (χ0v) is 9.64. The highest BCUT2D eigenvalue weighted by atomic mass is 16.5. The lowest BCUT2D eigenvalue weighted by Crippen LogP contribution is -2.60. The van der Waals surface area contributed by atoms with Crippen molar-refractivity contribution in [2.24, 2.45) is 0 Å². The van der Waals surface area contributed by atoms with E-state index in [0.29, 0.717) is 13.0 Å². The molecule has 0 aromatic heterocycles. The number of hydroxylamine groups is 2. The highest BCUT2D eigenvalue weighted by Crippen LogP contribution is 2.37. The predicted octanol–water partition coefficient (Wildman–Crippen LogP) is 1.66. The molecule has 1 N–H and O–H groups in total. The van der Waals surface area contributed by atoms with E-state index in [1.54, 1.807) is 0 Å². The van der Waals surface area contributed by atoms with E-state index in [1.165, 1.54) is 0 Å². The van der Waals surface area contributed by atoms with Gasteiger partial charge >= 0.3 is 0 Å². The number of β-lactam (4-membered cyclic amide) rings is 1. The summed E-state index contributed by atoms with van der Waals surface area (Å²) < 4.78 is 5.68. The Morgan fingerprint density at radius 1 is 1.44 bits per heavy atom. The number of ether oxygens (including phenoxy) is 1. The Labute approximate surface area is 95.1 Å². The van der Waals surface area contributed by atoms with E-state index < -0.39 is 11.1 Å². The van der Waals surface area contributed by atoms with Crippen molar-refractivity contribution in [2.75, 3.05) is 6.61 Å². The molecule has 2 rings (SSSR count). The second kappa shape index (κ2) is 3.71. The first-order chi connectivity index (χ1) is 7.51. The second-order valence-electron chi connectivity index (χ2n) is 4.57. The average molecular weight is 223 g/mol. The van der Waals surface area contributed by atoms with Crippen LogP contribution in [0.1, 0.15) is 26.7 Å². The minimum absolute atomic E-state index is 0.243. The van der Waals surface area contributed by atoms with Gasteiger partial charge in [-0.2, -0.15) is 0 Å². The van der Waals surface area contributed by atoms with Crippen molar-refractivity contribution in [3.8, 4) is 0 Å². The summed E-state index contributed by atoms with van der Waals surface area (Å²) in [6.07, 6.45) is 8.78. The van der Waals surface area contributed by atoms with E-state index in [9.17, 15) is 10.0 Å². The Balaban J connectivity index is 2.06. The Hall–Kier alpha value is -1.13. The quantitative estimate of drug-likeness (QED) is 0.449. The molecule has 1 amide bonds. The molecule has 1 aliphatic heterocycles. The standard InChI is InChI=1S/C12H17NO3/c1-3-8-16-11(2)4-6-12(7-5-11)9-10(14)13(12)15/h4-7,15H,3,8-9H2,1-2H3.